The fourth-order valence-corrected chi connectivity index (χ4v) is 14.2. The lowest BCUT2D eigenvalue weighted by Gasteiger charge is -2.33. The van der Waals surface area contributed by atoms with Gasteiger partial charge in [0.25, 0.3) is 0 Å². The number of nitrogens with zero attached hydrogens (tertiary/aromatic N) is 6. The van der Waals surface area contributed by atoms with Gasteiger partial charge in [0.05, 0.1) is 84.5 Å². The number of nitriles is 1. The highest BCUT2D eigenvalue weighted by molar-refractivity contribution is 8.00. The molecule has 11 aromatic carbocycles. The molecule has 0 N–H and O–H groups in total. The van der Waals surface area contributed by atoms with E-state index in [-0.39, 0.29) is 0 Å². The molecule has 0 amide bonds. The number of anilines is 6. The Kier molecular flexibility index (Phi) is 9.17. The summed E-state index contributed by atoms with van der Waals surface area (Å²) in [5.41, 5.74) is 16.5. The van der Waals surface area contributed by atoms with Gasteiger partial charge in [-0.05, 0) is 121 Å². The third-order valence-electron chi connectivity index (χ3n) is 15.2. The summed E-state index contributed by atoms with van der Waals surface area (Å²) in [6.45, 7) is 0. The van der Waals surface area contributed by atoms with Crippen molar-refractivity contribution in [1.29, 1.82) is 5.26 Å². The van der Waals surface area contributed by atoms with Gasteiger partial charge in [0.1, 0.15) is 0 Å². The minimum atomic E-state index is 0.563. The molecule has 0 atom stereocenters. The van der Waals surface area contributed by atoms with Crippen molar-refractivity contribution < 1.29 is 0 Å². The predicted molar refractivity (Wildman–Crippen MR) is 312 cm³/mol. The highest BCUT2D eigenvalue weighted by Gasteiger charge is 2.30. The molecule has 0 aliphatic carbocycles. The summed E-state index contributed by atoms with van der Waals surface area (Å²) in [4.78, 5) is 9.69. The number of hydrogen-bond acceptors (Lipinski definition) is 5. The predicted octanol–water partition coefficient (Wildman–Crippen LogP) is 18.7. The molecule has 6 nitrogen and oxygen atoms in total. The van der Waals surface area contributed by atoms with Crippen LogP contribution in [-0.2, 0) is 0 Å². The van der Waals surface area contributed by atoms with Gasteiger partial charge in [0.2, 0.25) is 0 Å². The molecular formula is C67H40N6S2. The number of benzene rings is 11. The molecule has 0 unspecified atom stereocenters. The molecule has 0 spiro atoms. The van der Waals surface area contributed by atoms with Crippen molar-refractivity contribution >= 4 is 123 Å². The van der Waals surface area contributed by atoms with E-state index in [0.29, 0.717) is 5.56 Å². The zero-order valence-electron chi connectivity index (χ0n) is 40.1. The largest absolute Gasteiger partial charge is 0.308 e. The number of para-hydroxylation sites is 8. The summed E-state index contributed by atoms with van der Waals surface area (Å²) >= 11 is 3.64. The molecule has 5 heterocycles. The lowest BCUT2D eigenvalue weighted by atomic mass is 10.1. The van der Waals surface area contributed by atoms with Gasteiger partial charge in [-0.25, -0.2) is 0 Å². The summed E-state index contributed by atoms with van der Waals surface area (Å²) in [5, 5.41) is 18.1. The molecule has 2 aliphatic heterocycles. The van der Waals surface area contributed by atoms with Crippen molar-refractivity contribution in [3.8, 4) is 23.1 Å². The summed E-state index contributed by atoms with van der Waals surface area (Å²) < 4.78 is 7.25. The van der Waals surface area contributed by atoms with Crippen LogP contribution in [0.25, 0.3) is 82.5 Å². The van der Waals surface area contributed by atoms with E-state index in [1.807, 2.05) is 23.5 Å². The molecule has 0 radical (unpaired) electrons. The van der Waals surface area contributed by atoms with Gasteiger partial charge in [-0.15, -0.1) is 0 Å². The molecule has 0 saturated carbocycles. The first-order valence-electron chi connectivity index (χ1n) is 25.1. The average molecular weight is 993 g/mol. The minimum Gasteiger partial charge on any atom is -0.308 e. The fraction of sp³-hybridized carbons (Fsp3) is 0. The van der Waals surface area contributed by atoms with Gasteiger partial charge in [-0.2, -0.15) is 5.26 Å². The van der Waals surface area contributed by atoms with Gasteiger partial charge < -0.3 is 23.5 Å². The van der Waals surface area contributed by atoms with Crippen molar-refractivity contribution in [1.82, 2.24) is 13.7 Å². The molecule has 350 valence electrons. The smallest absolute Gasteiger partial charge is 0.0993 e. The topological polar surface area (TPSA) is 45.1 Å². The average Bonchev–Trinajstić information content (AvgIpc) is 4.17. The molecule has 0 fully saturated rings. The monoisotopic (exact) mass is 992 g/mol. The minimum absolute atomic E-state index is 0.563. The van der Waals surface area contributed by atoms with Crippen LogP contribution in [0.4, 0.5) is 34.1 Å². The van der Waals surface area contributed by atoms with E-state index >= 15 is 0 Å². The van der Waals surface area contributed by atoms with E-state index in [2.05, 4.69) is 272 Å². The first-order valence-corrected chi connectivity index (χ1v) is 26.8. The molecule has 75 heavy (non-hydrogen) atoms. The standard InChI is InChI=1S/C67H40N6S2/c68-41-42-37-61(71-51-21-5-3-19-47(51)49-39-43(33-35-55(49)71)69-57-25-9-13-29-63(57)74-64-30-14-10-26-58(64)69)67(73-53-23-7-1-17-45(53)46-18-2-8-24-54(46)73)62(38-42)72-52-22-6-4-20-48(52)50-40-44(34-36-56(50)72)70-59-27-11-15-31-65(59)75-66-32-16-12-28-60(66)70/h1-40H. The van der Waals surface area contributed by atoms with Crippen LogP contribution in [0.3, 0.4) is 0 Å². The normalized spacial score (nSPS) is 12.9. The summed E-state index contributed by atoms with van der Waals surface area (Å²) in [6, 6.07) is 90.3. The quantitative estimate of drug-likeness (QED) is 0.172. The third-order valence-corrected chi connectivity index (χ3v) is 17.4. The second-order valence-electron chi connectivity index (χ2n) is 19.2. The van der Waals surface area contributed by atoms with Crippen molar-refractivity contribution in [3.63, 3.8) is 0 Å². The van der Waals surface area contributed by atoms with Crippen molar-refractivity contribution in [2.45, 2.75) is 19.6 Å². The van der Waals surface area contributed by atoms with Gasteiger partial charge in [-0.1, -0.05) is 145 Å². The van der Waals surface area contributed by atoms with Crippen molar-refractivity contribution in [2.24, 2.45) is 0 Å². The second kappa shape index (κ2) is 16.3. The highest BCUT2D eigenvalue weighted by Crippen LogP contribution is 2.54. The molecule has 14 aromatic rings. The van der Waals surface area contributed by atoms with E-state index in [1.54, 1.807) is 0 Å². The van der Waals surface area contributed by atoms with Gasteiger partial charge in [0, 0.05) is 63.3 Å². The summed E-state index contributed by atoms with van der Waals surface area (Å²) in [7, 11) is 0. The van der Waals surface area contributed by atoms with E-state index in [1.165, 1.54) is 19.6 Å². The Hall–Kier alpha value is -9.39. The van der Waals surface area contributed by atoms with Crippen LogP contribution in [-0.4, -0.2) is 13.7 Å². The van der Waals surface area contributed by atoms with Crippen LogP contribution in [0, 0.1) is 11.3 Å². The molecule has 3 aromatic heterocycles. The Morgan fingerprint density at radius 1 is 0.280 bits per heavy atom. The molecule has 2 aliphatic rings. The maximum absolute atomic E-state index is 11.3. The van der Waals surface area contributed by atoms with Gasteiger partial charge in [0.15, 0.2) is 0 Å². The zero-order chi connectivity index (χ0) is 49.3. The first kappa shape index (κ1) is 42.1. The Morgan fingerprint density at radius 2 is 0.587 bits per heavy atom. The number of aromatic nitrogens is 3. The third kappa shape index (κ3) is 6.17. The number of fused-ring (bicyclic) bond motifs is 13. The maximum atomic E-state index is 11.3. The maximum Gasteiger partial charge on any atom is 0.0993 e. The van der Waals surface area contributed by atoms with Crippen LogP contribution < -0.4 is 9.80 Å². The van der Waals surface area contributed by atoms with Crippen LogP contribution in [0.1, 0.15) is 5.56 Å². The van der Waals surface area contributed by atoms with Gasteiger partial charge >= 0.3 is 0 Å². The van der Waals surface area contributed by atoms with Crippen LogP contribution >= 0.6 is 23.5 Å². The molecule has 0 bridgehead atoms. The van der Waals surface area contributed by atoms with Crippen LogP contribution in [0.5, 0.6) is 0 Å². The lowest BCUT2D eigenvalue weighted by molar-refractivity contribution is 1.05. The van der Waals surface area contributed by atoms with Gasteiger partial charge in [-0.3, -0.25) is 0 Å². The Balaban J connectivity index is 1.00. The SMILES string of the molecule is N#Cc1cc(-n2c3ccccc3c3cc(N4c5ccccc5Sc5ccccc54)ccc32)c(-n2c3ccccc3c3ccccc32)c(-n2c3ccccc3c3cc(N4c5ccccc5Sc5ccccc54)ccc32)c1. The lowest BCUT2D eigenvalue weighted by Crippen LogP contribution is -2.14. The van der Waals surface area contributed by atoms with Crippen molar-refractivity contribution in [2.75, 3.05) is 9.80 Å². The molecular weight excluding hydrogens is 953 g/mol. The number of hydrogen-bond donors (Lipinski definition) is 0. The van der Waals surface area contributed by atoms with Crippen LogP contribution in [0.15, 0.2) is 262 Å². The molecule has 0 saturated heterocycles. The van der Waals surface area contributed by atoms with Crippen LogP contribution in [0.2, 0.25) is 0 Å². The molecule has 16 rings (SSSR count). The summed E-state index contributed by atoms with van der Waals surface area (Å²) in [5.74, 6) is 0. The highest BCUT2D eigenvalue weighted by atomic mass is 32.2. The Morgan fingerprint density at radius 3 is 0.960 bits per heavy atom. The van der Waals surface area contributed by atoms with E-state index in [0.717, 1.165) is 117 Å². The van der Waals surface area contributed by atoms with E-state index in [9.17, 15) is 5.26 Å². The second-order valence-corrected chi connectivity index (χ2v) is 21.4. The Bertz CT molecular complexity index is 4400. The molecule has 8 heteroatoms. The first-order chi connectivity index (χ1) is 37.2. The zero-order valence-corrected chi connectivity index (χ0v) is 41.7. The van der Waals surface area contributed by atoms with E-state index < -0.39 is 0 Å². The number of rotatable bonds is 5. The van der Waals surface area contributed by atoms with Crippen molar-refractivity contribution in [3.05, 3.63) is 248 Å². The van der Waals surface area contributed by atoms with E-state index in [4.69, 9.17) is 0 Å². The Labute approximate surface area is 440 Å². The summed E-state index contributed by atoms with van der Waals surface area (Å²) in [6.07, 6.45) is 0. The fourth-order valence-electron chi connectivity index (χ4n) is 12.1.